The quantitative estimate of drug-likeness (QED) is 0.694. The van der Waals surface area contributed by atoms with Gasteiger partial charge in [-0.25, -0.2) is 16.8 Å². The second-order valence-corrected chi connectivity index (χ2v) is 12.2. The fourth-order valence-corrected chi connectivity index (χ4v) is 5.89. The van der Waals surface area contributed by atoms with E-state index in [4.69, 9.17) is 0 Å². The van der Waals surface area contributed by atoms with Crippen LogP contribution in [-0.2, 0) is 24.5 Å². The molecule has 29 heavy (non-hydrogen) atoms. The number of sulfone groups is 2. The summed E-state index contributed by atoms with van der Waals surface area (Å²) in [5.74, 6) is 0.682. The monoisotopic (exact) mass is 442 g/mol. The van der Waals surface area contributed by atoms with Crippen LogP contribution in [0.4, 0.5) is 5.69 Å². The number of anilines is 1. The van der Waals surface area contributed by atoms with Gasteiger partial charge in [-0.15, -0.1) is 0 Å². The van der Waals surface area contributed by atoms with Crippen LogP contribution in [0.5, 0.6) is 0 Å². The number of rotatable bonds is 5. The predicted molar refractivity (Wildman–Crippen MR) is 113 cm³/mol. The molecule has 2 fully saturated rings. The van der Waals surface area contributed by atoms with Gasteiger partial charge in [0, 0.05) is 45.1 Å². The molecule has 7 nitrogen and oxygen atoms in total. The minimum Gasteiger partial charge on any atom is -0.367 e. The topological polar surface area (TPSA) is 91.8 Å². The number of nitrogens with zero attached hydrogens (tertiary/aromatic N) is 2. The third-order valence-corrected chi connectivity index (χ3v) is 8.16. The molecule has 3 rings (SSSR count). The number of amides is 1. The molecule has 0 aromatic heterocycles. The molecule has 162 valence electrons. The Labute approximate surface area is 173 Å². The number of hydrogen-bond donors (Lipinski definition) is 0. The Morgan fingerprint density at radius 3 is 2.10 bits per heavy atom. The van der Waals surface area contributed by atoms with Crippen molar-refractivity contribution in [3.05, 3.63) is 18.2 Å². The van der Waals surface area contributed by atoms with E-state index in [9.17, 15) is 21.6 Å². The van der Waals surface area contributed by atoms with Crippen molar-refractivity contribution in [1.29, 1.82) is 0 Å². The Bertz CT molecular complexity index is 959. The molecule has 1 aliphatic heterocycles. The molecule has 1 aromatic rings. The van der Waals surface area contributed by atoms with Crippen molar-refractivity contribution >= 4 is 31.3 Å². The van der Waals surface area contributed by atoms with Gasteiger partial charge < -0.3 is 9.80 Å². The van der Waals surface area contributed by atoms with Crippen molar-refractivity contribution in [2.45, 2.75) is 48.3 Å². The third-order valence-electron chi connectivity index (χ3n) is 5.92. The fraction of sp³-hybridized carbons (Fsp3) is 0.650. The van der Waals surface area contributed by atoms with Gasteiger partial charge in [-0.05, 0) is 37.0 Å². The van der Waals surface area contributed by atoms with Crippen LogP contribution in [0.15, 0.2) is 28.0 Å². The first kappa shape index (κ1) is 22.1. The predicted octanol–water partition coefficient (Wildman–Crippen LogP) is 2.11. The van der Waals surface area contributed by atoms with Gasteiger partial charge in [0.25, 0.3) is 0 Å². The summed E-state index contributed by atoms with van der Waals surface area (Å²) in [5, 5.41) is 0. The van der Waals surface area contributed by atoms with E-state index in [1.165, 1.54) is 31.4 Å². The Balaban J connectivity index is 1.71. The van der Waals surface area contributed by atoms with E-state index in [2.05, 4.69) is 0 Å². The minimum atomic E-state index is -3.60. The van der Waals surface area contributed by atoms with Crippen LogP contribution in [-0.4, -0.2) is 66.3 Å². The molecule has 1 saturated heterocycles. The lowest BCUT2D eigenvalue weighted by Gasteiger charge is -2.37. The number of piperazine rings is 1. The summed E-state index contributed by atoms with van der Waals surface area (Å²) < 4.78 is 48.2. The van der Waals surface area contributed by atoms with Crippen LogP contribution in [0.1, 0.15) is 38.5 Å². The van der Waals surface area contributed by atoms with Gasteiger partial charge >= 0.3 is 0 Å². The minimum absolute atomic E-state index is 0.0111. The highest BCUT2D eigenvalue weighted by Crippen LogP contribution is 2.30. The molecule has 0 atom stereocenters. The smallest absolute Gasteiger partial charge is 0.222 e. The van der Waals surface area contributed by atoms with E-state index in [0.717, 1.165) is 25.4 Å². The number of carbonyl (C=O) groups is 1. The van der Waals surface area contributed by atoms with Gasteiger partial charge in [0.05, 0.1) is 15.5 Å². The molecule has 0 spiro atoms. The average molecular weight is 443 g/mol. The summed E-state index contributed by atoms with van der Waals surface area (Å²) in [5.41, 5.74) is 0.499. The molecular formula is C20H30N2O5S2. The molecular weight excluding hydrogens is 412 g/mol. The molecule has 0 unspecified atom stereocenters. The highest BCUT2D eigenvalue weighted by Gasteiger charge is 2.27. The average Bonchev–Trinajstić information content (AvgIpc) is 2.67. The van der Waals surface area contributed by atoms with E-state index < -0.39 is 19.7 Å². The molecule has 1 saturated carbocycles. The Kier molecular flexibility index (Phi) is 6.57. The summed E-state index contributed by atoms with van der Waals surface area (Å²) in [6.07, 6.45) is 8.72. The first-order valence-corrected chi connectivity index (χ1v) is 13.9. The third kappa shape index (κ3) is 5.51. The van der Waals surface area contributed by atoms with Gasteiger partial charge in [0.15, 0.2) is 19.7 Å². The van der Waals surface area contributed by atoms with Gasteiger partial charge in [0.1, 0.15) is 0 Å². The van der Waals surface area contributed by atoms with Crippen LogP contribution in [0.25, 0.3) is 0 Å². The molecule has 1 aliphatic carbocycles. The van der Waals surface area contributed by atoms with E-state index in [0.29, 0.717) is 44.2 Å². The molecule has 0 N–H and O–H groups in total. The maximum Gasteiger partial charge on any atom is 0.222 e. The highest BCUT2D eigenvalue weighted by molar-refractivity contribution is 7.91. The highest BCUT2D eigenvalue weighted by atomic mass is 32.2. The number of carbonyl (C=O) groups excluding carboxylic acids is 1. The molecule has 9 heteroatoms. The molecule has 0 bridgehead atoms. The van der Waals surface area contributed by atoms with E-state index in [1.54, 1.807) is 6.07 Å². The SMILES string of the molecule is CS(=O)(=O)c1ccc(N2CCN(C(=O)CC3CCCCC3)CC2)c(S(C)(=O)=O)c1. The molecule has 1 aromatic carbocycles. The Morgan fingerprint density at radius 2 is 1.55 bits per heavy atom. The van der Waals surface area contributed by atoms with E-state index >= 15 is 0 Å². The second-order valence-electron chi connectivity index (χ2n) is 8.25. The maximum absolute atomic E-state index is 12.6. The lowest BCUT2D eigenvalue weighted by atomic mass is 9.86. The van der Waals surface area contributed by atoms with Crippen molar-refractivity contribution in [2.24, 2.45) is 5.92 Å². The van der Waals surface area contributed by atoms with E-state index in [1.807, 2.05) is 9.80 Å². The molecule has 1 amide bonds. The first-order valence-electron chi connectivity index (χ1n) is 10.1. The van der Waals surface area contributed by atoms with Gasteiger partial charge in [-0.1, -0.05) is 19.3 Å². The zero-order valence-electron chi connectivity index (χ0n) is 17.1. The van der Waals surface area contributed by atoms with Crippen LogP contribution in [0.3, 0.4) is 0 Å². The molecule has 0 radical (unpaired) electrons. The molecule has 1 heterocycles. The van der Waals surface area contributed by atoms with Crippen LogP contribution in [0, 0.1) is 5.92 Å². The van der Waals surface area contributed by atoms with Crippen molar-refractivity contribution in [3.8, 4) is 0 Å². The first-order chi connectivity index (χ1) is 13.6. The largest absolute Gasteiger partial charge is 0.367 e. The lowest BCUT2D eigenvalue weighted by molar-refractivity contribution is -0.132. The lowest BCUT2D eigenvalue weighted by Crippen LogP contribution is -2.49. The zero-order chi connectivity index (χ0) is 21.2. The summed E-state index contributed by atoms with van der Waals surface area (Å²) in [6.45, 7) is 2.14. The van der Waals surface area contributed by atoms with Crippen LogP contribution in [0.2, 0.25) is 0 Å². The second kappa shape index (κ2) is 8.63. The van der Waals surface area contributed by atoms with Crippen molar-refractivity contribution in [2.75, 3.05) is 43.6 Å². The van der Waals surface area contributed by atoms with Crippen molar-refractivity contribution in [1.82, 2.24) is 4.90 Å². The van der Waals surface area contributed by atoms with Crippen molar-refractivity contribution in [3.63, 3.8) is 0 Å². The molecule has 2 aliphatic rings. The van der Waals surface area contributed by atoms with Crippen molar-refractivity contribution < 1.29 is 21.6 Å². The van der Waals surface area contributed by atoms with Gasteiger partial charge in [0.2, 0.25) is 5.91 Å². The van der Waals surface area contributed by atoms with E-state index in [-0.39, 0.29) is 15.7 Å². The normalized spacial score (nSPS) is 19.4. The number of benzene rings is 1. The van der Waals surface area contributed by atoms with Gasteiger partial charge in [-0.2, -0.15) is 0 Å². The summed E-state index contributed by atoms with van der Waals surface area (Å²) in [7, 11) is -7.10. The Hall–Kier alpha value is -1.61. The van der Waals surface area contributed by atoms with Crippen LogP contribution < -0.4 is 4.90 Å². The summed E-state index contributed by atoms with van der Waals surface area (Å²) >= 11 is 0. The standard InChI is InChI=1S/C20H30N2O5S2/c1-28(24,25)17-8-9-18(19(15-17)29(2,26)27)21-10-12-22(13-11-21)20(23)14-16-6-4-3-5-7-16/h8-9,15-16H,3-7,10-14H2,1-2H3. The zero-order valence-corrected chi connectivity index (χ0v) is 18.8. The summed E-state index contributed by atoms with van der Waals surface area (Å²) in [6, 6.07) is 4.24. The Morgan fingerprint density at radius 1 is 0.931 bits per heavy atom. The maximum atomic E-state index is 12.6. The number of hydrogen-bond acceptors (Lipinski definition) is 6. The van der Waals surface area contributed by atoms with Crippen LogP contribution >= 0.6 is 0 Å². The summed E-state index contributed by atoms with van der Waals surface area (Å²) in [4.78, 5) is 16.4. The van der Waals surface area contributed by atoms with Gasteiger partial charge in [-0.3, -0.25) is 4.79 Å². The fourth-order valence-electron chi connectivity index (χ4n) is 4.25.